The third kappa shape index (κ3) is 13.5. The molecule has 6 heteroatoms. The van der Waals surface area contributed by atoms with Crippen LogP contribution in [0.4, 0.5) is 0 Å². The molecule has 0 bridgehead atoms. The number of carbonyl (C=O) groups is 1. The largest absolute Gasteiger partial charge is 0.480 e. The molecule has 2 N–H and O–H groups in total. The number of allylic oxidation sites excluding steroid dienone is 2. The highest BCUT2D eigenvalue weighted by molar-refractivity contribution is 7.87. The molecule has 0 saturated carbocycles. The fourth-order valence-electron chi connectivity index (χ4n) is 2.62. The topological polar surface area (TPSA) is 91.7 Å². The van der Waals surface area contributed by atoms with Crippen molar-refractivity contribution < 1.29 is 22.9 Å². The lowest BCUT2D eigenvalue weighted by Gasteiger charge is -2.08. The SMILES string of the molecule is CCCCCCCCC=CCCCCCCC(C(=O)O)S(=O)(=O)O. The van der Waals surface area contributed by atoms with Gasteiger partial charge in [-0.2, -0.15) is 8.42 Å². The minimum absolute atomic E-state index is 0.0258. The molecule has 0 aromatic carbocycles. The molecule has 0 aliphatic rings. The molecule has 5 nitrogen and oxygen atoms in total. The first-order valence-electron chi connectivity index (χ1n) is 9.23. The van der Waals surface area contributed by atoms with E-state index in [1.165, 1.54) is 38.5 Å². The Hall–Kier alpha value is -0.880. The first kappa shape index (κ1) is 23.1. The van der Waals surface area contributed by atoms with E-state index in [0.29, 0.717) is 6.42 Å². The molecule has 142 valence electrons. The molecule has 0 fully saturated rings. The normalized spacial score (nSPS) is 13.4. The third-order valence-electron chi connectivity index (χ3n) is 4.11. The number of carboxylic acids is 1. The third-order valence-corrected chi connectivity index (χ3v) is 5.27. The summed E-state index contributed by atoms with van der Waals surface area (Å²) in [5.74, 6) is -1.48. The van der Waals surface area contributed by atoms with E-state index in [1.54, 1.807) is 0 Å². The Morgan fingerprint density at radius 1 is 0.875 bits per heavy atom. The van der Waals surface area contributed by atoms with Gasteiger partial charge in [-0.25, -0.2) is 0 Å². The lowest BCUT2D eigenvalue weighted by molar-refractivity contribution is -0.136. The van der Waals surface area contributed by atoms with Gasteiger partial charge in [-0.05, 0) is 32.1 Å². The zero-order valence-electron chi connectivity index (χ0n) is 15.0. The lowest BCUT2D eigenvalue weighted by atomic mass is 10.1. The Balaban J connectivity index is 3.50. The Bertz CT molecular complexity index is 442. The highest BCUT2D eigenvalue weighted by Gasteiger charge is 2.29. The van der Waals surface area contributed by atoms with Crippen molar-refractivity contribution in [2.24, 2.45) is 0 Å². The van der Waals surface area contributed by atoms with Crippen LogP contribution in [0.25, 0.3) is 0 Å². The number of hydrogen-bond donors (Lipinski definition) is 2. The van der Waals surface area contributed by atoms with Crippen molar-refractivity contribution in [2.45, 2.75) is 95.6 Å². The lowest BCUT2D eigenvalue weighted by Crippen LogP contribution is -2.29. The molecular formula is C18H34O5S. The first-order valence-corrected chi connectivity index (χ1v) is 10.7. The van der Waals surface area contributed by atoms with Crippen molar-refractivity contribution in [3.8, 4) is 0 Å². The van der Waals surface area contributed by atoms with Crippen LogP contribution < -0.4 is 0 Å². The predicted molar refractivity (Wildman–Crippen MR) is 97.8 cm³/mol. The average molecular weight is 363 g/mol. The summed E-state index contributed by atoms with van der Waals surface area (Å²) in [6, 6.07) is 0. The summed E-state index contributed by atoms with van der Waals surface area (Å²) < 4.78 is 30.6. The summed E-state index contributed by atoms with van der Waals surface area (Å²) in [6.45, 7) is 2.22. The molecule has 0 radical (unpaired) electrons. The maximum Gasteiger partial charge on any atom is 0.324 e. The molecule has 1 unspecified atom stereocenters. The van der Waals surface area contributed by atoms with Crippen LogP contribution >= 0.6 is 0 Å². The average Bonchev–Trinajstić information content (AvgIpc) is 2.49. The van der Waals surface area contributed by atoms with Gasteiger partial charge in [0.25, 0.3) is 10.1 Å². The van der Waals surface area contributed by atoms with Gasteiger partial charge in [-0.15, -0.1) is 0 Å². The van der Waals surface area contributed by atoms with Crippen molar-refractivity contribution >= 4 is 16.1 Å². The van der Waals surface area contributed by atoms with Gasteiger partial charge in [0.05, 0.1) is 0 Å². The van der Waals surface area contributed by atoms with E-state index in [-0.39, 0.29) is 6.42 Å². The second-order valence-corrected chi connectivity index (χ2v) is 7.96. The van der Waals surface area contributed by atoms with Gasteiger partial charge in [0.1, 0.15) is 0 Å². The van der Waals surface area contributed by atoms with Crippen LogP contribution in [0.15, 0.2) is 12.2 Å². The van der Waals surface area contributed by atoms with Crippen molar-refractivity contribution in [2.75, 3.05) is 0 Å². The summed E-state index contributed by atoms with van der Waals surface area (Å²) in [4.78, 5) is 10.8. The van der Waals surface area contributed by atoms with Crippen LogP contribution in [0.2, 0.25) is 0 Å². The van der Waals surface area contributed by atoms with E-state index in [2.05, 4.69) is 19.1 Å². The van der Waals surface area contributed by atoms with E-state index in [1.807, 2.05) is 0 Å². The summed E-state index contributed by atoms with van der Waals surface area (Å²) in [6.07, 6.45) is 17.7. The van der Waals surface area contributed by atoms with E-state index < -0.39 is 21.3 Å². The second kappa shape index (κ2) is 14.5. The standard InChI is InChI=1S/C18H34O5S/c1-2-3-4-5-6-7-8-9-10-11-12-13-14-15-16-17(18(19)20)24(21,22)23/h9-10,17H,2-8,11-16H2,1H3,(H,19,20)(H,21,22,23). The van der Waals surface area contributed by atoms with E-state index in [9.17, 15) is 13.2 Å². The maximum absolute atomic E-state index is 10.9. The zero-order valence-corrected chi connectivity index (χ0v) is 15.8. The Morgan fingerprint density at radius 2 is 1.33 bits per heavy atom. The van der Waals surface area contributed by atoms with Crippen molar-refractivity contribution in [1.82, 2.24) is 0 Å². The van der Waals surface area contributed by atoms with Gasteiger partial charge >= 0.3 is 5.97 Å². The van der Waals surface area contributed by atoms with Gasteiger partial charge in [-0.3, -0.25) is 9.35 Å². The fourth-order valence-corrected chi connectivity index (χ4v) is 3.34. The molecule has 1 atom stereocenters. The second-order valence-electron chi connectivity index (χ2n) is 6.36. The van der Waals surface area contributed by atoms with Gasteiger partial charge in [-0.1, -0.05) is 70.4 Å². The molecule has 0 amide bonds. The molecule has 24 heavy (non-hydrogen) atoms. The molecule has 0 aromatic rings. The van der Waals surface area contributed by atoms with Crippen LogP contribution in [0, 0.1) is 0 Å². The van der Waals surface area contributed by atoms with Crippen LogP contribution in [-0.2, 0) is 14.9 Å². The molecule has 0 aliphatic heterocycles. The minimum atomic E-state index is -4.49. The first-order chi connectivity index (χ1) is 11.4. The van der Waals surface area contributed by atoms with Crippen LogP contribution in [0.1, 0.15) is 90.4 Å². The van der Waals surface area contributed by atoms with Gasteiger partial charge in [0, 0.05) is 0 Å². The van der Waals surface area contributed by atoms with E-state index in [0.717, 1.165) is 32.1 Å². The molecule has 0 aromatic heterocycles. The summed E-state index contributed by atoms with van der Waals surface area (Å²) in [5, 5.41) is 7.08. The molecular weight excluding hydrogens is 328 g/mol. The maximum atomic E-state index is 10.9. The molecule has 0 heterocycles. The van der Waals surface area contributed by atoms with Crippen molar-refractivity contribution in [3.05, 3.63) is 12.2 Å². The molecule has 0 aliphatic carbocycles. The number of rotatable bonds is 16. The quantitative estimate of drug-likeness (QED) is 0.230. The van der Waals surface area contributed by atoms with Crippen molar-refractivity contribution in [1.29, 1.82) is 0 Å². The van der Waals surface area contributed by atoms with Crippen LogP contribution in [-0.4, -0.2) is 29.3 Å². The van der Waals surface area contributed by atoms with Crippen LogP contribution in [0.5, 0.6) is 0 Å². The molecule has 0 rings (SSSR count). The number of hydrogen-bond acceptors (Lipinski definition) is 3. The molecule has 0 spiro atoms. The smallest absolute Gasteiger partial charge is 0.324 e. The van der Waals surface area contributed by atoms with Crippen LogP contribution in [0.3, 0.4) is 0 Å². The minimum Gasteiger partial charge on any atom is -0.480 e. The fraction of sp³-hybridized carbons (Fsp3) is 0.833. The zero-order chi connectivity index (χ0) is 18.3. The van der Waals surface area contributed by atoms with Crippen molar-refractivity contribution in [3.63, 3.8) is 0 Å². The van der Waals surface area contributed by atoms with Gasteiger partial charge < -0.3 is 5.11 Å². The highest BCUT2D eigenvalue weighted by atomic mass is 32.2. The van der Waals surface area contributed by atoms with Gasteiger partial charge in [0.2, 0.25) is 0 Å². The van der Waals surface area contributed by atoms with E-state index in [4.69, 9.17) is 9.66 Å². The number of unbranched alkanes of at least 4 members (excludes halogenated alkanes) is 10. The Kier molecular flexibility index (Phi) is 13.9. The number of carboxylic acid groups (broad SMARTS) is 1. The highest BCUT2D eigenvalue weighted by Crippen LogP contribution is 2.13. The number of aliphatic carboxylic acids is 1. The Morgan fingerprint density at radius 3 is 1.79 bits per heavy atom. The van der Waals surface area contributed by atoms with E-state index >= 15 is 0 Å². The Labute approximate surface area is 147 Å². The summed E-state index contributed by atoms with van der Waals surface area (Å²) in [7, 11) is -4.49. The monoisotopic (exact) mass is 362 g/mol. The predicted octanol–water partition coefficient (Wildman–Crippen LogP) is 4.97. The summed E-state index contributed by atoms with van der Waals surface area (Å²) >= 11 is 0. The molecule has 0 saturated heterocycles. The van der Waals surface area contributed by atoms with Gasteiger partial charge in [0.15, 0.2) is 5.25 Å². The summed E-state index contributed by atoms with van der Waals surface area (Å²) in [5.41, 5.74) is 0.